The molecular weight excluding hydrogens is 370 g/mol. The van der Waals surface area contributed by atoms with E-state index in [-0.39, 0.29) is 36.3 Å². The summed E-state index contributed by atoms with van der Waals surface area (Å²) in [5, 5.41) is 2.87. The molecule has 7 heteroatoms. The van der Waals surface area contributed by atoms with Gasteiger partial charge in [-0.25, -0.2) is 4.79 Å². The minimum Gasteiger partial charge on any atom is -0.444 e. The number of amides is 3. The number of hydrogen-bond donors (Lipinski definition) is 1. The van der Waals surface area contributed by atoms with Crippen LogP contribution in [0.4, 0.5) is 4.79 Å². The van der Waals surface area contributed by atoms with Crippen molar-refractivity contribution < 1.29 is 19.1 Å². The molecule has 2 saturated heterocycles. The maximum absolute atomic E-state index is 13.5. The van der Waals surface area contributed by atoms with Gasteiger partial charge in [0.2, 0.25) is 11.8 Å². The summed E-state index contributed by atoms with van der Waals surface area (Å²) in [6, 6.07) is 9.39. The maximum Gasteiger partial charge on any atom is 0.410 e. The Balaban J connectivity index is 1.75. The van der Waals surface area contributed by atoms with Crippen LogP contribution in [0.2, 0.25) is 0 Å². The highest BCUT2D eigenvalue weighted by Crippen LogP contribution is 2.29. The standard InChI is InChI=1S/C22H31N3O4/c1-22(2,3)29-21(28)24-12-7-10-17(15-24)20(27)25-13-11-23-19(26)14-18(25)16-8-5-4-6-9-16/h4-6,8-9,17-18H,7,10-15H2,1-3H3,(H,23,26)/t17-,18+/m0/s1. The molecule has 2 atom stereocenters. The van der Waals surface area contributed by atoms with Crippen molar-refractivity contribution in [3.05, 3.63) is 35.9 Å². The Morgan fingerprint density at radius 1 is 1.14 bits per heavy atom. The highest BCUT2D eigenvalue weighted by molar-refractivity contribution is 5.83. The Bertz CT molecular complexity index is 744. The molecule has 0 bridgehead atoms. The van der Waals surface area contributed by atoms with Crippen LogP contribution in [0.15, 0.2) is 30.3 Å². The molecule has 2 heterocycles. The van der Waals surface area contributed by atoms with Gasteiger partial charge in [-0.3, -0.25) is 9.59 Å². The Morgan fingerprint density at radius 3 is 2.55 bits per heavy atom. The zero-order chi connectivity index (χ0) is 21.0. The zero-order valence-electron chi connectivity index (χ0n) is 17.5. The van der Waals surface area contributed by atoms with Gasteiger partial charge in [-0.2, -0.15) is 0 Å². The average Bonchev–Trinajstić information content (AvgIpc) is 2.88. The fourth-order valence-corrected chi connectivity index (χ4v) is 3.97. The number of piperidine rings is 1. The number of rotatable bonds is 2. The summed E-state index contributed by atoms with van der Waals surface area (Å²) < 4.78 is 5.48. The predicted molar refractivity (Wildman–Crippen MR) is 109 cm³/mol. The molecule has 0 saturated carbocycles. The highest BCUT2D eigenvalue weighted by atomic mass is 16.6. The number of likely N-dealkylation sites (tertiary alicyclic amines) is 1. The Morgan fingerprint density at radius 2 is 1.86 bits per heavy atom. The molecule has 3 amide bonds. The molecule has 0 spiro atoms. The summed E-state index contributed by atoms with van der Waals surface area (Å²) in [5.74, 6) is -0.326. The summed E-state index contributed by atoms with van der Waals surface area (Å²) >= 11 is 0. The van der Waals surface area contributed by atoms with Crippen LogP contribution in [0.3, 0.4) is 0 Å². The highest BCUT2D eigenvalue weighted by Gasteiger charge is 2.37. The van der Waals surface area contributed by atoms with E-state index in [0.717, 1.165) is 18.4 Å². The first-order valence-corrected chi connectivity index (χ1v) is 10.3. The molecule has 0 aliphatic carbocycles. The topological polar surface area (TPSA) is 79.0 Å². The largest absolute Gasteiger partial charge is 0.444 e. The van der Waals surface area contributed by atoms with Crippen LogP contribution in [-0.4, -0.2) is 59.5 Å². The lowest BCUT2D eigenvalue weighted by Crippen LogP contribution is -2.49. The molecule has 0 radical (unpaired) electrons. The van der Waals surface area contributed by atoms with Gasteiger partial charge in [-0.05, 0) is 39.2 Å². The van der Waals surface area contributed by atoms with E-state index >= 15 is 0 Å². The lowest BCUT2D eigenvalue weighted by atomic mass is 9.94. The fourth-order valence-electron chi connectivity index (χ4n) is 3.97. The van der Waals surface area contributed by atoms with Crippen LogP contribution < -0.4 is 5.32 Å². The van der Waals surface area contributed by atoms with E-state index in [4.69, 9.17) is 4.74 Å². The smallest absolute Gasteiger partial charge is 0.410 e. The Labute approximate surface area is 172 Å². The lowest BCUT2D eigenvalue weighted by molar-refractivity contribution is -0.139. The Hall–Kier alpha value is -2.57. The van der Waals surface area contributed by atoms with Crippen LogP contribution in [0.5, 0.6) is 0 Å². The number of carbonyl (C=O) groups excluding carboxylic acids is 3. The quantitative estimate of drug-likeness (QED) is 0.826. The van der Waals surface area contributed by atoms with E-state index in [1.54, 1.807) is 4.90 Å². The van der Waals surface area contributed by atoms with Gasteiger partial charge in [0, 0.05) is 26.2 Å². The first kappa shape index (κ1) is 21.1. The van der Waals surface area contributed by atoms with Gasteiger partial charge in [0.15, 0.2) is 0 Å². The van der Waals surface area contributed by atoms with Crippen molar-refractivity contribution in [3.8, 4) is 0 Å². The monoisotopic (exact) mass is 401 g/mol. The van der Waals surface area contributed by atoms with Crippen molar-refractivity contribution in [2.75, 3.05) is 26.2 Å². The second kappa shape index (κ2) is 8.84. The molecule has 1 aromatic rings. The first-order valence-electron chi connectivity index (χ1n) is 10.3. The normalized spacial score (nSPS) is 23.2. The molecule has 0 aromatic heterocycles. The number of hydrogen-bond acceptors (Lipinski definition) is 4. The lowest BCUT2D eigenvalue weighted by Gasteiger charge is -2.37. The van der Waals surface area contributed by atoms with Gasteiger partial charge in [-0.15, -0.1) is 0 Å². The summed E-state index contributed by atoms with van der Waals surface area (Å²) in [4.78, 5) is 41.5. The second-order valence-corrected chi connectivity index (χ2v) is 8.78. The SMILES string of the molecule is CC(C)(C)OC(=O)N1CCC[C@H](C(=O)N2CCNC(=O)C[C@@H]2c2ccccc2)C1. The van der Waals surface area contributed by atoms with Crippen LogP contribution in [0.25, 0.3) is 0 Å². The van der Waals surface area contributed by atoms with Gasteiger partial charge >= 0.3 is 6.09 Å². The fraction of sp³-hybridized carbons (Fsp3) is 0.591. The molecule has 2 fully saturated rings. The summed E-state index contributed by atoms with van der Waals surface area (Å²) in [5.41, 5.74) is 0.390. The molecule has 1 aromatic carbocycles. The molecular formula is C22H31N3O4. The van der Waals surface area contributed by atoms with Crippen LogP contribution in [0.1, 0.15) is 51.6 Å². The van der Waals surface area contributed by atoms with Crippen molar-refractivity contribution >= 4 is 17.9 Å². The predicted octanol–water partition coefficient (Wildman–Crippen LogP) is 2.72. The van der Waals surface area contributed by atoms with E-state index < -0.39 is 5.60 Å². The summed E-state index contributed by atoms with van der Waals surface area (Å²) in [6.45, 7) is 7.37. The number of nitrogens with zero attached hydrogens (tertiary/aromatic N) is 2. The molecule has 3 rings (SSSR count). The minimum atomic E-state index is -0.566. The van der Waals surface area contributed by atoms with Crippen LogP contribution in [0, 0.1) is 5.92 Å². The van der Waals surface area contributed by atoms with Crippen molar-refractivity contribution in [2.24, 2.45) is 5.92 Å². The van der Waals surface area contributed by atoms with Crippen LogP contribution in [-0.2, 0) is 14.3 Å². The first-order chi connectivity index (χ1) is 13.7. The number of nitrogens with one attached hydrogen (secondary N) is 1. The second-order valence-electron chi connectivity index (χ2n) is 8.78. The van der Waals surface area contributed by atoms with Crippen molar-refractivity contribution in [3.63, 3.8) is 0 Å². The number of carbonyl (C=O) groups is 3. The van der Waals surface area contributed by atoms with Gasteiger partial charge in [0.1, 0.15) is 5.60 Å². The van der Waals surface area contributed by atoms with E-state index in [9.17, 15) is 14.4 Å². The van der Waals surface area contributed by atoms with Gasteiger partial charge in [-0.1, -0.05) is 30.3 Å². The summed E-state index contributed by atoms with van der Waals surface area (Å²) in [6.07, 6.45) is 1.37. The third kappa shape index (κ3) is 5.49. The van der Waals surface area contributed by atoms with E-state index in [1.165, 1.54) is 0 Å². The Kier molecular flexibility index (Phi) is 6.45. The third-order valence-corrected chi connectivity index (χ3v) is 5.32. The van der Waals surface area contributed by atoms with E-state index in [0.29, 0.717) is 26.2 Å². The van der Waals surface area contributed by atoms with E-state index in [1.807, 2.05) is 56.0 Å². The molecule has 2 aliphatic heterocycles. The molecule has 0 unspecified atom stereocenters. The molecule has 29 heavy (non-hydrogen) atoms. The van der Waals surface area contributed by atoms with Gasteiger partial charge in [0.25, 0.3) is 0 Å². The molecule has 1 N–H and O–H groups in total. The van der Waals surface area contributed by atoms with Gasteiger partial charge in [0.05, 0.1) is 18.4 Å². The minimum absolute atomic E-state index is 0.00334. The van der Waals surface area contributed by atoms with Gasteiger partial charge < -0.3 is 19.9 Å². The van der Waals surface area contributed by atoms with Crippen molar-refractivity contribution in [2.45, 2.75) is 51.7 Å². The molecule has 158 valence electrons. The third-order valence-electron chi connectivity index (χ3n) is 5.32. The molecule has 2 aliphatic rings. The maximum atomic E-state index is 13.5. The van der Waals surface area contributed by atoms with Crippen molar-refractivity contribution in [1.29, 1.82) is 0 Å². The van der Waals surface area contributed by atoms with E-state index in [2.05, 4.69) is 5.32 Å². The average molecular weight is 402 g/mol. The number of ether oxygens (including phenoxy) is 1. The van der Waals surface area contributed by atoms with Crippen molar-refractivity contribution in [1.82, 2.24) is 15.1 Å². The zero-order valence-corrected chi connectivity index (χ0v) is 17.5. The summed E-state index contributed by atoms with van der Waals surface area (Å²) in [7, 11) is 0. The number of benzene rings is 1. The molecule has 7 nitrogen and oxygen atoms in total. The van der Waals surface area contributed by atoms with Crippen LogP contribution >= 0.6 is 0 Å².